The number of thiophene rings is 1. The highest BCUT2D eigenvalue weighted by molar-refractivity contribution is 7.07. The topological polar surface area (TPSA) is 62.2 Å². The second-order valence-corrected chi connectivity index (χ2v) is 4.75. The van der Waals surface area contributed by atoms with Crippen LogP contribution in [-0.4, -0.2) is 22.5 Å². The molecule has 2 N–H and O–H groups in total. The summed E-state index contributed by atoms with van der Waals surface area (Å²) in [5, 5.41) is 16.3. The minimum absolute atomic E-state index is 0.199. The Morgan fingerprint density at radius 3 is 3.06 bits per heavy atom. The molecule has 0 aliphatic rings. The van der Waals surface area contributed by atoms with E-state index < -0.39 is 6.10 Å². The summed E-state index contributed by atoms with van der Waals surface area (Å²) in [6, 6.07) is 5.21. The largest absolute Gasteiger partial charge is 0.387 e. The molecule has 4 nitrogen and oxygen atoms in total. The van der Waals surface area contributed by atoms with Crippen molar-refractivity contribution in [3.05, 3.63) is 52.0 Å². The number of aliphatic hydroxyl groups is 1. The SMILES string of the molecule is Cc1cc(C(=O)NCC(O)c2ccsc2)ccn1. The zero-order valence-corrected chi connectivity index (χ0v) is 10.8. The van der Waals surface area contributed by atoms with Crippen molar-refractivity contribution in [1.29, 1.82) is 0 Å². The maximum absolute atomic E-state index is 11.8. The van der Waals surface area contributed by atoms with Gasteiger partial charge in [-0.25, -0.2) is 0 Å². The van der Waals surface area contributed by atoms with Crippen LogP contribution < -0.4 is 5.32 Å². The van der Waals surface area contributed by atoms with Crippen molar-refractivity contribution < 1.29 is 9.90 Å². The summed E-state index contributed by atoms with van der Waals surface area (Å²) in [7, 11) is 0. The number of carbonyl (C=O) groups is 1. The highest BCUT2D eigenvalue weighted by Crippen LogP contribution is 2.15. The van der Waals surface area contributed by atoms with Crippen LogP contribution in [0.2, 0.25) is 0 Å². The van der Waals surface area contributed by atoms with E-state index in [0.717, 1.165) is 11.3 Å². The number of hydrogen-bond acceptors (Lipinski definition) is 4. The lowest BCUT2D eigenvalue weighted by Crippen LogP contribution is -2.28. The molecule has 0 fully saturated rings. The van der Waals surface area contributed by atoms with Gasteiger partial charge in [-0.2, -0.15) is 11.3 Å². The molecule has 94 valence electrons. The number of aryl methyl sites for hydroxylation is 1. The average Bonchev–Trinajstić information content (AvgIpc) is 2.89. The van der Waals surface area contributed by atoms with Gasteiger partial charge in [-0.05, 0) is 41.4 Å². The molecule has 18 heavy (non-hydrogen) atoms. The minimum atomic E-state index is -0.664. The van der Waals surface area contributed by atoms with E-state index in [2.05, 4.69) is 10.3 Å². The fraction of sp³-hybridized carbons (Fsp3) is 0.231. The van der Waals surface area contributed by atoms with Crippen molar-refractivity contribution in [2.24, 2.45) is 0 Å². The summed E-state index contributed by atoms with van der Waals surface area (Å²) in [4.78, 5) is 15.9. The number of aliphatic hydroxyl groups excluding tert-OH is 1. The fourth-order valence-electron chi connectivity index (χ4n) is 1.56. The van der Waals surface area contributed by atoms with Gasteiger partial charge in [-0.15, -0.1) is 0 Å². The van der Waals surface area contributed by atoms with Crippen LogP contribution in [0.3, 0.4) is 0 Å². The van der Waals surface area contributed by atoms with Crippen molar-refractivity contribution in [1.82, 2.24) is 10.3 Å². The molecular weight excluding hydrogens is 248 g/mol. The maximum Gasteiger partial charge on any atom is 0.251 e. The van der Waals surface area contributed by atoms with E-state index in [-0.39, 0.29) is 12.5 Å². The highest BCUT2D eigenvalue weighted by Gasteiger charge is 2.11. The van der Waals surface area contributed by atoms with Crippen LogP contribution in [0.25, 0.3) is 0 Å². The second-order valence-electron chi connectivity index (χ2n) is 3.97. The van der Waals surface area contributed by atoms with Crippen molar-refractivity contribution in [2.75, 3.05) is 6.54 Å². The molecule has 2 heterocycles. The number of aromatic nitrogens is 1. The molecule has 1 amide bonds. The first kappa shape index (κ1) is 12.7. The van der Waals surface area contributed by atoms with Gasteiger partial charge >= 0.3 is 0 Å². The molecule has 0 saturated heterocycles. The molecule has 0 bridgehead atoms. The van der Waals surface area contributed by atoms with E-state index in [0.29, 0.717) is 5.56 Å². The number of amides is 1. The Labute approximate surface area is 109 Å². The lowest BCUT2D eigenvalue weighted by atomic mass is 10.2. The molecule has 0 spiro atoms. The summed E-state index contributed by atoms with van der Waals surface area (Å²) in [6.45, 7) is 2.04. The molecule has 0 aliphatic carbocycles. The zero-order valence-electron chi connectivity index (χ0n) is 9.96. The molecule has 1 unspecified atom stereocenters. The molecule has 0 aromatic carbocycles. The monoisotopic (exact) mass is 262 g/mol. The first-order valence-corrected chi connectivity index (χ1v) is 6.52. The van der Waals surface area contributed by atoms with Crippen molar-refractivity contribution in [2.45, 2.75) is 13.0 Å². The van der Waals surface area contributed by atoms with Gasteiger partial charge in [-0.3, -0.25) is 9.78 Å². The fourth-order valence-corrected chi connectivity index (χ4v) is 2.27. The molecule has 1 atom stereocenters. The number of hydrogen-bond donors (Lipinski definition) is 2. The minimum Gasteiger partial charge on any atom is -0.387 e. The van der Waals surface area contributed by atoms with Gasteiger partial charge in [0, 0.05) is 24.0 Å². The third kappa shape index (κ3) is 3.15. The summed E-state index contributed by atoms with van der Waals surface area (Å²) in [6.07, 6.45) is 0.933. The Bertz CT molecular complexity index is 526. The number of carbonyl (C=O) groups excluding carboxylic acids is 1. The first-order chi connectivity index (χ1) is 8.66. The number of pyridine rings is 1. The lowest BCUT2D eigenvalue weighted by Gasteiger charge is -2.10. The zero-order chi connectivity index (χ0) is 13.0. The van der Waals surface area contributed by atoms with E-state index in [4.69, 9.17) is 0 Å². The van der Waals surface area contributed by atoms with Crippen LogP contribution in [-0.2, 0) is 0 Å². The predicted molar refractivity (Wildman–Crippen MR) is 70.6 cm³/mol. The number of rotatable bonds is 4. The van der Waals surface area contributed by atoms with Gasteiger partial charge in [-0.1, -0.05) is 0 Å². The molecule has 2 rings (SSSR count). The van der Waals surface area contributed by atoms with Crippen LogP contribution in [0.15, 0.2) is 35.2 Å². The highest BCUT2D eigenvalue weighted by atomic mass is 32.1. The number of nitrogens with one attached hydrogen (secondary N) is 1. The van der Waals surface area contributed by atoms with Gasteiger partial charge in [0.1, 0.15) is 0 Å². The van der Waals surface area contributed by atoms with Crippen molar-refractivity contribution >= 4 is 17.2 Å². The van der Waals surface area contributed by atoms with Crippen LogP contribution >= 0.6 is 11.3 Å². The Hall–Kier alpha value is -1.72. The van der Waals surface area contributed by atoms with Crippen LogP contribution in [0.1, 0.15) is 27.7 Å². The Kier molecular flexibility index (Phi) is 4.07. The third-order valence-corrected chi connectivity index (χ3v) is 3.24. The Morgan fingerprint density at radius 1 is 1.56 bits per heavy atom. The van der Waals surface area contributed by atoms with E-state index in [1.54, 1.807) is 18.3 Å². The van der Waals surface area contributed by atoms with Gasteiger partial charge in [0.15, 0.2) is 0 Å². The summed E-state index contributed by atoms with van der Waals surface area (Å²) >= 11 is 1.52. The van der Waals surface area contributed by atoms with Crippen LogP contribution in [0.5, 0.6) is 0 Å². The van der Waals surface area contributed by atoms with E-state index >= 15 is 0 Å². The molecule has 5 heteroatoms. The smallest absolute Gasteiger partial charge is 0.251 e. The lowest BCUT2D eigenvalue weighted by molar-refractivity contribution is 0.0916. The first-order valence-electron chi connectivity index (χ1n) is 5.58. The quantitative estimate of drug-likeness (QED) is 0.884. The standard InChI is InChI=1S/C13H14N2O2S/c1-9-6-10(2-4-14-9)13(17)15-7-12(16)11-3-5-18-8-11/h2-6,8,12,16H,7H2,1H3,(H,15,17). The third-order valence-electron chi connectivity index (χ3n) is 2.54. The molecule has 2 aromatic heterocycles. The van der Waals surface area contributed by atoms with Crippen molar-refractivity contribution in [3.63, 3.8) is 0 Å². The average molecular weight is 262 g/mol. The van der Waals surface area contributed by atoms with Crippen LogP contribution in [0.4, 0.5) is 0 Å². The van der Waals surface area contributed by atoms with Gasteiger partial charge in [0.25, 0.3) is 5.91 Å². The van der Waals surface area contributed by atoms with E-state index in [9.17, 15) is 9.90 Å². The Balaban J connectivity index is 1.92. The second kappa shape index (κ2) is 5.75. The molecular formula is C13H14N2O2S. The molecule has 2 aromatic rings. The van der Waals surface area contributed by atoms with Gasteiger partial charge < -0.3 is 10.4 Å². The normalized spacial score (nSPS) is 12.1. The van der Waals surface area contributed by atoms with Gasteiger partial charge in [0.05, 0.1) is 6.10 Å². The summed E-state index contributed by atoms with van der Waals surface area (Å²) < 4.78 is 0. The molecule has 0 radical (unpaired) electrons. The maximum atomic E-state index is 11.8. The van der Waals surface area contributed by atoms with Gasteiger partial charge in [0.2, 0.25) is 0 Å². The van der Waals surface area contributed by atoms with E-state index in [1.165, 1.54) is 11.3 Å². The Morgan fingerprint density at radius 2 is 2.39 bits per heavy atom. The molecule has 0 aliphatic heterocycles. The van der Waals surface area contributed by atoms with E-state index in [1.807, 2.05) is 23.8 Å². The van der Waals surface area contributed by atoms with Crippen molar-refractivity contribution in [3.8, 4) is 0 Å². The number of nitrogens with zero attached hydrogens (tertiary/aromatic N) is 1. The van der Waals surface area contributed by atoms with Crippen LogP contribution in [0, 0.1) is 6.92 Å². The predicted octanol–water partition coefficient (Wildman–Crippen LogP) is 1.91. The summed E-state index contributed by atoms with van der Waals surface area (Å²) in [5.41, 5.74) is 2.17. The summed E-state index contributed by atoms with van der Waals surface area (Å²) in [5.74, 6) is -0.199. The molecule has 0 saturated carbocycles.